The van der Waals surface area contributed by atoms with E-state index < -0.39 is 17.5 Å². The molecule has 0 amide bonds. The fourth-order valence-corrected chi connectivity index (χ4v) is 2.03. The van der Waals surface area contributed by atoms with Crippen LogP contribution in [-0.4, -0.2) is 0 Å². The van der Waals surface area contributed by atoms with Crippen LogP contribution in [0.2, 0.25) is 0 Å². The van der Waals surface area contributed by atoms with E-state index in [-0.39, 0.29) is 17.8 Å². The summed E-state index contributed by atoms with van der Waals surface area (Å²) >= 11 is 3.17. The average molecular weight is 316 g/mol. The van der Waals surface area contributed by atoms with Gasteiger partial charge in [0.25, 0.3) is 0 Å². The van der Waals surface area contributed by atoms with E-state index in [1.54, 1.807) is 6.07 Å². The summed E-state index contributed by atoms with van der Waals surface area (Å²) < 4.78 is 40.7. The van der Waals surface area contributed by atoms with Crippen LogP contribution < -0.4 is 5.32 Å². The Hall–Kier alpha value is -1.49. The molecular weight excluding hydrogens is 307 g/mol. The van der Waals surface area contributed by atoms with E-state index in [1.165, 1.54) is 18.2 Å². The van der Waals surface area contributed by atoms with Gasteiger partial charge in [-0.25, -0.2) is 13.2 Å². The molecule has 0 radical (unpaired) electrons. The van der Waals surface area contributed by atoms with Crippen molar-refractivity contribution in [1.82, 2.24) is 0 Å². The molecular formula is C13H9BrF3N. The van der Waals surface area contributed by atoms with E-state index in [9.17, 15) is 13.2 Å². The van der Waals surface area contributed by atoms with Crippen LogP contribution >= 0.6 is 15.9 Å². The van der Waals surface area contributed by atoms with E-state index in [0.717, 1.165) is 12.1 Å². The fraction of sp³-hybridized carbons (Fsp3) is 0.0769. The van der Waals surface area contributed by atoms with Crippen LogP contribution in [0.15, 0.2) is 40.9 Å². The quantitative estimate of drug-likeness (QED) is 0.880. The van der Waals surface area contributed by atoms with Crippen molar-refractivity contribution in [2.45, 2.75) is 6.54 Å². The van der Waals surface area contributed by atoms with Gasteiger partial charge in [-0.2, -0.15) is 0 Å². The van der Waals surface area contributed by atoms with E-state index >= 15 is 0 Å². The number of rotatable bonds is 3. The normalized spacial score (nSPS) is 10.4. The SMILES string of the molecule is Fc1cccc(F)c1CNc1c(F)cccc1Br. The van der Waals surface area contributed by atoms with Crippen molar-refractivity contribution in [3.63, 3.8) is 0 Å². The molecule has 0 spiro atoms. The molecule has 0 fully saturated rings. The molecule has 0 saturated heterocycles. The summed E-state index contributed by atoms with van der Waals surface area (Å²) in [5.41, 5.74) is 0.0628. The van der Waals surface area contributed by atoms with Gasteiger partial charge >= 0.3 is 0 Å². The third kappa shape index (κ3) is 2.67. The molecule has 0 aromatic heterocycles. The Morgan fingerprint density at radius 2 is 1.44 bits per heavy atom. The molecule has 94 valence electrons. The van der Waals surface area contributed by atoms with Gasteiger partial charge in [0.1, 0.15) is 17.5 Å². The largest absolute Gasteiger partial charge is 0.377 e. The highest BCUT2D eigenvalue weighted by atomic mass is 79.9. The third-order valence-corrected chi connectivity index (χ3v) is 3.13. The minimum absolute atomic E-state index is 0.118. The van der Waals surface area contributed by atoms with Gasteiger partial charge in [-0.15, -0.1) is 0 Å². The Morgan fingerprint density at radius 3 is 2.06 bits per heavy atom. The molecule has 1 N–H and O–H groups in total. The molecule has 0 unspecified atom stereocenters. The van der Waals surface area contributed by atoms with Crippen molar-refractivity contribution in [1.29, 1.82) is 0 Å². The van der Waals surface area contributed by atoms with Crippen LogP contribution in [0, 0.1) is 17.5 Å². The summed E-state index contributed by atoms with van der Waals surface area (Å²) in [6.07, 6.45) is 0. The zero-order valence-electron chi connectivity index (χ0n) is 9.18. The molecule has 2 rings (SSSR count). The van der Waals surface area contributed by atoms with Crippen molar-refractivity contribution in [2.75, 3.05) is 5.32 Å². The van der Waals surface area contributed by atoms with E-state index in [1.807, 2.05) is 0 Å². The number of nitrogens with one attached hydrogen (secondary N) is 1. The fourth-order valence-electron chi connectivity index (χ4n) is 1.54. The minimum Gasteiger partial charge on any atom is -0.377 e. The molecule has 0 atom stereocenters. The Morgan fingerprint density at radius 1 is 0.889 bits per heavy atom. The van der Waals surface area contributed by atoms with E-state index in [4.69, 9.17) is 0 Å². The van der Waals surface area contributed by atoms with Crippen LogP contribution in [0.5, 0.6) is 0 Å². The van der Waals surface area contributed by atoms with Crippen molar-refractivity contribution >= 4 is 21.6 Å². The lowest BCUT2D eigenvalue weighted by molar-refractivity contribution is 0.559. The van der Waals surface area contributed by atoms with Gasteiger partial charge in [-0.05, 0) is 40.2 Å². The maximum Gasteiger partial charge on any atom is 0.147 e. The van der Waals surface area contributed by atoms with Gasteiger partial charge in [0, 0.05) is 16.6 Å². The lowest BCUT2D eigenvalue weighted by atomic mass is 10.2. The summed E-state index contributed by atoms with van der Waals surface area (Å²) in [5.74, 6) is -1.80. The first kappa shape index (κ1) is 13.0. The molecule has 2 aromatic rings. The zero-order valence-corrected chi connectivity index (χ0v) is 10.8. The van der Waals surface area contributed by atoms with Crippen LogP contribution in [0.1, 0.15) is 5.56 Å². The van der Waals surface area contributed by atoms with Gasteiger partial charge < -0.3 is 5.32 Å². The Labute approximate surface area is 111 Å². The highest BCUT2D eigenvalue weighted by molar-refractivity contribution is 9.10. The summed E-state index contributed by atoms with van der Waals surface area (Å²) in [6, 6.07) is 8.06. The first-order valence-corrected chi connectivity index (χ1v) is 5.99. The summed E-state index contributed by atoms with van der Waals surface area (Å²) in [4.78, 5) is 0. The second-order valence-electron chi connectivity index (χ2n) is 3.65. The predicted octanol–water partition coefficient (Wildman–Crippen LogP) is 4.48. The Balaban J connectivity index is 2.22. The van der Waals surface area contributed by atoms with Crippen LogP contribution in [0.4, 0.5) is 18.9 Å². The minimum atomic E-state index is -0.657. The van der Waals surface area contributed by atoms with Crippen molar-refractivity contribution in [3.8, 4) is 0 Å². The first-order valence-electron chi connectivity index (χ1n) is 5.20. The Bertz CT molecular complexity index is 480. The zero-order chi connectivity index (χ0) is 13.1. The number of halogens is 4. The van der Waals surface area contributed by atoms with Gasteiger partial charge in [0.15, 0.2) is 0 Å². The molecule has 0 bridgehead atoms. The van der Waals surface area contributed by atoms with Crippen LogP contribution in [-0.2, 0) is 6.54 Å². The van der Waals surface area contributed by atoms with Crippen molar-refractivity contribution in [3.05, 3.63) is 63.9 Å². The Kier molecular flexibility index (Phi) is 3.91. The van der Waals surface area contributed by atoms with Gasteiger partial charge in [-0.1, -0.05) is 12.1 Å². The number of hydrogen-bond acceptors (Lipinski definition) is 1. The molecule has 0 heterocycles. The highest BCUT2D eigenvalue weighted by Gasteiger charge is 2.10. The van der Waals surface area contributed by atoms with Gasteiger partial charge in [0.05, 0.1) is 5.69 Å². The molecule has 0 aliphatic carbocycles. The highest BCUT2D eigenvalue weighted by Crippen LogP contribution is 2.26. The topological polar surface area (TPSA) is 12.0 Å². The standard InChI is InChI=1S/C13H9BrF3N/c14-9-3-1-6-12(17)13(9)18-7-8-10(15)4-2-5-11(8)16/h1-6,18H,7H2. The van der Waals surface area contributed by atoms with Crippen LogP contribution in [0.3, 0.4) is 0 Å². The molecule has 0 aliphatic heterocycles. The van der Waals surface area contributed by atoms with E-state index in [2.05, 4.69) is 21.2 Å². The number of hydrogen-bond donors (Lipinski definition) is 1. The number of para-hydroxylation sites is 1. The summed E-state index contributed by atoms with van der Waals surface area (Å²) in [5, 5.41) is 2.68. The predicted molar refractivity (Wildman–Crippen MR) is 67.8 cm³/mol. The first-order chi connectivity index (χ1) is 8.59. The molecule has 2 aromatic carbocycles. The second-order valence-corrected chi connectivity index (χ2v) is 4.50. The maximum absolute atomic E-state index is 13.5. The maximum atomic E-state index is 13.5. The van der Waals surface area contributed by atoms with Crippen molar-refractivity contribution in [2.24, 2.45) is 0 Å². The van der Waals surface area contributed by atoms with Gasteiger partial charge in [-0.3, -0.25) is 0 Å². The molecule has 1 nitrogen and oxygen atoms in total. The number of benzene rings is 2. The lowest BCUT2D eigenvalue weighted by Crippen LogP contribution is -2.06. The number of anilines is 1. The third-order valence-electron chi connectivity index (χ3n) is 2.47. The smallest absolute Gasteiger partial charge is 0.147 e. The van der Waals surface area contributed by atoms with Crippen molar-refractivity contribution < 1.29 is 13.2 Å². The molecule has 0 aliphatic rings. The average Bonchev–Trinajstić information content (AvgIpc) is 2.31. The van der Waals surface area contributed by atoms with E-state index in [0.29, 0.717) is 4.47 Å². The van der Waals surface area contributed by atoms with Gasteiger partial charge in [0.2, 0.25) is 0 Å². The molecule has 0 saturated carbocycles. The molecule has 18 heavy (non-hydrogen) atoms. The second kappa shape index (κ2) is 5.44. The lowest BCUT2D eigenvalue weighted by Gasteiger charge is -2.10. The van der Waals surface area contributed by atoms with Crippen LogP contribution in [0.25, 0.3) is 0 Å². The summed E-state index contributed by atoms with van der Waals surface area (Å²) in [7, 11) is 0. The molecule has 5 heteroatoms. The summed E-state index contributed by atoms with van der Waals surface area (Å²) in [6.45, 7) is -0.127. The monoisotopic (exact) mass is 315 g/mol.